The van der Waals surface area contributed by atoms with E-state index in [2.05, 4.69) is 31.2 Å². The number of benzene rings is 2. The summed E-state index contributed by atoms with van der Waals surface area (Å²) in [7, 11) is 3.23. The molecule has 5 rings (SSSR count). The van der Waals surface area contributed by atoms with Crippen molar-refractivity contribution in [3.8, 4) is 17.2 Å². The summed E-state index contributed by atoms with van der Waals surface area (Å²) in [5.74, 6) is 1.15. The maximum absolute atomic E-state index is 11.9. The fourth-order valence-electron chi connectivity index (χ4n) is 4.70. The average molecular weight is 514 g/mol. The second-order valence-corrected chi connectivity index (χ2v) is 8.95. The Kier molecular flexibility index (Phi) is 6.78. The van der Waals surface area contributed by atoms with Crippen LogP contribution in [0.1, 0.15) is 30.4 Å². The first-order chi connectivity index (χ1) is 18.0. The minimum absolute atomic E-state index is 0.188. The number of methoxy groups -OCH3 is 2. The molecule has 1 aliphatic heterocycles. The van der Waals surface area contributed by atoms with Gasteiger partial charge in [-0.2, -0.15) is 0 Å². The number of rotatable bonds is 7. The standard InChI is InChI=1S/C28H27N5O3S/c1-18(34)30-23-17-20(12-13-25(23)36-3)33-27(26(31-28(33)37)22-10-4-5-14-29-22)24-11-7-15-32(24)19-8-6-9-21(16-19)35-2/h4-17,26-27H,1-3H3,(H,30,34)(H,31,37)/t26-,27-/m1/s1. The van der Waals surface area contributed by atoms with Crippen LogP contribution < -0.4 is 25.0 Å². The largest absolute Gasteiger partial charge is 0.497 e. The lowest BCUT2D eigenvalue weighted by atomic mass is 10.0. The van der Waals surface area contributed by atoms with E-state index in [4.69, 9.17) is 21.7 Å². The van der Waals surface area contributed by atoms with Crippen LogP contribution >= 0.6 is 12.2 Å². The molecule has 2 aromatic heterocycles. The Labute approximate surface area is 220 Å². The summed E-state index contributed by atoms with van der Waals surface area (Å²) in [5.41, 5.74) is 4.22. The second-order valence-electron chi connectivity index (χ2n) is 8.57. The van der Waals surface area contributed by atoms with E-state index in [-0.39, 0.29) is 18.0 Å². The molecule has 2 N–H and O–H groups in total. The van der Waals surface area contributed by atoms with Gasteiger partial charge >= 0.3 is 0 Å². The highest BCUT2D eigenvalue weighted by Crippen LogP contribution is 2.43. The smallest absolute Gasteiger partial charge is 0.221 e. The molecule has 1 saturated heterocycles. The normalized spacial score (nSPS) is 16.8. The Hall–Kier alpha value is -4.37. The molecule has 8 nitrogen and oxygen atoms in total. The van der Waals surface area contributed by atoms with Crippen LogP contribution in [-0.4, -0.2) is 34.8 Å². The highest BCUT2D eigenvalue weighted by atomic mass is 32.1. The van der Waals surface area contributed by atoms with Crippen LogP contribution in [0, 0.1) is 0 Å². The number of amides is 1. The molecule has 2 atom stereocenters. The first kappa shape index (κ1) is 24.3. The van der Waals surface area contributed by atoms with E-state index in [1.165, 1.54) is 6.92 Å². The fraction of sp³-hybridized carbons (Fsp3) is 0.179. The Morgan fingerprint density at radius 1 is 1.00 bits per heavy atom. The average Bonchev–Trinajstić information content (AvgIpc) is 3.53. The van der Waals surface area contributed by atoms with Gasteiger partial charge in [-0.1, -0.05) is 12.1 Å². The zero-order valence-corrected chi connectivity index (χ0v) is 21.5. The van der Waals surface area contributed by atoms with Gasteiger partial charge in [-0.05, 0) is 66.8 Å². The summed E-state index contributed by atoms with van der Waals surface area (Å²) in [6.45, 7) is 1.47. The van der Waals surface area contributed by atoms with Crippen molar-refractivity contribution in [3.05, 3.63) is 96.6 Å². The lowest BCUT2D eigenvalue weighted by Crippen LogP contribution is -2.30. The molecule has 0 aliphatic carbocycles. The Balaban J connectivity index is 1.66. The van der Waals surface area contributed by atoms with Crippen LogP contribution in [0.5, 0.6) is 11.5 Å². The first-order valence-electron chi connectivity index (χ1n) is 11.8. The van der Waals surface area contributed by atoms with E-state index < -0.39 is 0 Å². The number of aromatic nitrogens is 2. The van der Waals surface area contributed by atoms with E-state index >= 15 is 0 Å². The van der Waals surface area contributed by atoms with Crippen molar-refractivity contribution in [1.29, 1.82) is 0 Å². The molecule has 0 spiro atoms. The molecular weight excluding hydrogens is 486 g/mol. The summed E-state index contributed by atoms with van der Waals surface area (Å²) in [6.07, 6.45) is 3.80. The zero-order chi connectivity index (χ0) is 25.9. The molecule has 4 aromatic rings. The maximum Gasteiger partial charge on any atom is 0.221 e. The van der Waals surface area contributed by atoms with Crippen molar-refractivity contribution in [2.24, 2.45) is 0 Å². The van der Waals surface area contributed by atoms with Crippen LogP contribution in [0.3, 0.4) is 0 Å². The molecule has 2 aromatic carbocycles. The highest BCUT2D eigenvalue weighted by molar-refractivity contribution is 7.80. The molecule has 0 radical (unpaired) electrons. The molecule has 188 valence electrons. The van der Waals surface area contributed by atoms with Gasteiger partial charge in [-0.25, -0.2) is 0 Å². The number of thiocarbonyl (C=S) groups is 1. The van der Waals surface area contributed by atoms with E-state index in [0.29, 0.717) is 16.5 Å². The molecule has 3 heterocycles. The molecule has 0 saturated carbocycles. The summed E-state index contributed by atoms with van der Waals surface area (Å²) in [4.78, 5) is 18.6. The third-order valence-electron chi connectivity index (χ3n) is 6.28. The van der Waals surface area contributed by atoms with Gasteiger partial charge in [0.05, 0.1) is 31.6 Å². The number of anilines is 2. The number of hydrogen-bond acceptors (Lipinski definition) is 5. The Morgan fingerprint density at radius 3 is 2.59 bits per heavy atom. The van der Waals surface area contributed by atoms with Gasteiger partial charge in [0, 0.05) is 42.5 Å². The number of nitrogens with zero attached hydrogens (tertiary/aromatic N) is 3. The lowest BCUT2D eigenvalue weighted by Gasteiger charge is -2.29. The number of nitrogens with one attached hydrogen (secondary N) is 2. The molecular formula is C28H27N5O3S. The summed E-state index contributed by atoms with van der Waals surface area (Å²) >= 11 is 5.88. The Bertz CT molecular complexity index is 1440. The van der Waals surface area contributed by atoms with Gasteiger partial charge < -0.3 is 29.6 Å². The quantitative estimate of drug-likeness (QED) is 0.336. The number of carbonyl (C=O) groups excluding carboxylic acids is 1. The molecule has 0 bridgehead atoms. The topological polar surface area (TPSA) is 80.7 Å². The third-order valence-corrected chi connectivity index (χ3v) is 6.60. The van der Waals surface area contributed by atoms with Crippen molar-refractivity contribution in [2.75, 3.05) is 24.4 Å². The van der Waals surface area contributed by atoms with Crippen LogP contribution in [0.2, 0.25) is 0 Å². The van der Waals surface area contributed by atoms with E-state index in [1.54, 1.807) is 20.4 Å². The van der Waals surface area contributed by atoms with Crippen molar-refractivity contribution in [3.63, 3.8) is 0 Å². The van der Waals surface area contributed by atoms with Crippen molar-refractivity contribution >= 4 is 34.6 Å². The van der Waals surface area contributed by atoms with Crippen LogP contribution in [-0.2, 0) is 4.79 Å². The number of hydrogen-bond donors (Lipinski definition) is 2. The summed E-state index contributed by atoms with van der Waals surface area (Å²) in [5, 5.41) is 6.90. The molecule has 1 amide bonds. The molecule has 37 heavy (non-hydrogen) atoms. The predicted molar refractivity (Wildman–Crippen MR) is 148 cm³/mol. The highest BCUT2D eigenvalue weighted by Gasteiger charge is 2.42. The van der Waals surface area contributed by atoms with Gasteiger partial charge in [-0.15, -0.1) is 0 Å². The van der Waals surface area contributed by atoms with Crippen molar-refractivity contribution in [2.45, 2.75) is 19.0 Å². The van der Waals surface area contributed by atoms with Crippen molar-refractivity contribution in [1.82, 2.24) is 14.9 Å². The molecule has 1 aliphatic rings. The van der Waals surface area contributed by atoms with E-state index in [9.17, 15) is 4.79 Å². The van der Waals surface area contributed by atoms with Crippen LogP contribution in [0.15, 0.2) is 85.2 Å². The van der Waals surface area contributed by atoms with Gasteiger partial charge in [-0.3, -0.25) is 9.78 Å². The molecule has 9 heteroatoms. The third kappa shape index (κ3) is 4.73. The van der Waals surface area contributed by atoms with E-state index in [1.807, 2.05) is 72.9 Å². The van der Waals surface area contributed by atoms with Crippen molar-refractivity contribution < 1.29 is 14.3 Å². The number of pyridine rings is 1. The monoisotopic (exact) mass is 513 g/mol. The first-order valence-corrected chi connectivity index (χ1v) is 12.2. The fourth-order valence-corrected chi connectivity index (χ4v) is 5.04. The molecule has 1 fully saturated rings. The van der Waals surface area contributed by atoms with Gasteiger partial charge in [0.1, 0.15) is 17.5 Å². The molecule has 0 unspecified atom stereocenters. The number of ether oxygens (including phenoxy) is 2. The van der Waals surface area contributed by atoms with E-state index in [0.717, 1.165) is 28.5 Å². The summed E-state index contributed by atoms with van der Waals surface area (Å²) in [6, 6.07) is 23.0. The van der Waals surface area contributed by atoms with Crippen LogP contribution in [0.4, 0.5) is 11.4 Å². The lowest BCUT2D eigenvalue weighted by molar-refractivity contribution is -0.114. The zero-order valence-electron chi connectivity index (χ0n) is 20.7. The van der Waals surface area contributed by atoms with Crippen LogP contribution in [0.25, 0.3) is 5.69 Å². The Morgan fingerprint density at radius 2 is 1.86 bits per heavy atom. The summed E-state index contributed by atoms with van der Waals surface area (Å²) < 4.78 is 13.1. The SMILES string of the molecule is COc1cccc(-n2cccc2[C@@H]2[C@@H](c3ccccn3)NC(=S)N2c2ccc(OC)c(NC(C)=O)c2)c1. The number of carbonyl (C=O) groups is 1. The minimum Gasteiger partial charge on any atom is -0.497 e. The predicted octanol–water partition coefficient (Wildman–Crippen LogP) is 5.03. The van der Waals surface area contributed by atoms with Gasteiger partial charge in [0.15, 0.2) is 5.11 Å². The van der Waals surface area contributed by atoms with Gasteiger partial charge in [0.25, 0.3) is 0 Å². The maximum atomic E-state index is 11.9. The minimum atomic E-state index is -0.248. The second kappa shape index (κ2) is 10.3. The van der Waals surface area contributed by atoms with Gasteiger partial charge in [0.2, 0.25) is 5.91 Å².